The number of hydrogen-bond acceptors (Lipinski definition) is 3. The average Bonchev–Trinajstić information content (AvgIpc) is 2.57. The van der Waals surface area contributed by atoms with E-state index in [1.54, 1.807) is 0 Å². The van der Waals surface area contributed by atoms with Gasteiger partial charge in [0.1, 0.15) is 0 Å². The van der Waals surface area contributed by atoms with Gasteiger partial charge in [-0.15, -0.1) is 0 Å². The molecule has 1 N–H and O–H groups in total. The number of hydrogen-bond donors (Lipinski definition) is 1. The lowest BCUT2D eigenvalue weighted by Gasteiger charge is -2.10. The molecule has 3 nitrogen and oxygen atoms in total. The molecule has 0 aromatic rings. The van der Waals surface area contributed by atoms with E-state index in [1.807, 2.05) is 6.92 Å². The molecular weight excluding hydrogens is 152 g/mol. The molecule has 3 heteroatoms. The molecular formula is C9H16N2O. The summed E-state index contributed by atoms with van der Waals surface area (Å²) in [5.74, 6) is 0.103. The number of nitrogens with one attached hydrogen (secondary N) is 1. The Hall–Kier alpha value is -0.590. The van der Waals surface area contributed by atoms with Gasteiger partial charge < -0.3 is 10.1 Å². The van der Waals surface area contributed by atoms with E-state index in [0.717, 1.165) is 26.1 Å². The summed E-state index contributed by atoms with van der Waals surface area (Å²) >= 11 is 0. The normalized spacial score (nSPS) is 25.2. The van der Waals surface area contributed by atoms with Gasteiger partial charge in [0, 0.05) is 19.7 Å². The molecule has 0 spiro atoms. The van der Waals surface area contributed by atoms with Crippen molar-refractivity contribution >= 4 is 0 Å². The topological polar surface area (TPSA) is 45.0 Å². The molecule has 68 valence electrons. The summed E-state index contributed by atoms with van der Waals surface area (Å²) in [6.07, 6.45) is 2.73. The fourth-order valence-corrected chi connectivity index (χ4v) is 1.31. The molecule has 0 aliphatic carbocycles. The van der Waals surface area contributed by atoms with E-state index in [4.69, 9.17) is 10.00 Å². The van der Waals surface area contributed by atoms with Crippen LogP contribution in [0.5, 0.6) is 0 Å². The molecule has 0 bridgehead atoms. The van der Waals surface area contributed by atoms with Gasteiger partial charge in [0.25, 0.3) is 0 Å². The zero-order valence-corrected chi connectivity index (χ0v) is 7.55. The molecule has 12 heavy (non-hydrogen) atoms. The number of nitriles is 1. The summed E-state index contributed by atoms with van der Waals surface area (Å²) in [6.45, 7) is 4.49. The molecule has 1 aliphatic rings. The van der Waals surface area contributed by atoms with E-state index in [1.165, 1.54) is 6.42 Å². The first-order chi connectivity index (χ1) is 5.83. The lowest BCUT2D eigenvalue weighted by molar-refractivity contribution is 0.110. The Morgan fingerprint density at radius 2 is 2.58 bits per heavy atom. The minimum atomic E-state index is 0.103. The van der Waals surface area contributed by atoms with Gasteiger partial charge in [0.15, 0.2) is 0 Å². The standard InChI is InChI=1S/C9H16N2O/c1-8(5-10)6-11-7-9-3-2-4-12-9/h8-9,11H,2-4,6-7H2,1H3. The molecule has 0 aromatic carbocycles. The number of nitrogens with zero attached hydrogens (tertiary/aromatic N) is 1. The Morgan fingerprint density at radius 1 is 1.75 bits per heavy atom. The maximum Gasteiger partial charge on any atom is 0.0700 e. The highest BCUT2D eigenvalue weighted by molar-refractivity contribution is 4.80. The van der Waals surface area contributed by atoms with Gasteiger partial charge in [-0.2, -0.15) is 5.26 Å². The maximum absolute atomic E-state index is 8.51. The van der Waals surface area contributed by atoms with Crippen molar-refractivity contribution in [3.63, 3.8) is 0 Å². The van der Waals surface area contributed by atoms with Gasteiger partial charge >= 0.3 is 0 Å². The van der Waals surface area contributed by atoms with Gasteiger partial charge in [-0.3, -0.25) is 0 Å². The van der Waals surface area contributed by atoms with E-state index >= 15 is 0 Å². The summed E-state index contributed by atoms with van der Waals surface area (Å²) in [7, 11) is 0. The predicted molar refractivity (Wildman–Crippen MR) is 46.6 cm³/mol. The first-order valence-electron chi connectivity index (χ1n) is 4.55. The summed E-state index contributed by atoms with van der Waals surface area (Å²) in [5.41, 5.74) is 0. The van der Waals surface area contributed by atoms with Gasteiger partial charge in [-0.1, -0.05) is 0 Å². The van der Waals surface area contributed by atoms with Crippen LogP contribution in [-0.2, 0) is 4.74 Å². The van der Waals surface area contributed by atoms with Crippen LogP contribution in [0, 0.1) is 17.2 Å². The fourth-order valence-electron chi connectivity index (χ4n) is 1.31. The second kappa shape index (κ2) is 5.13. The summed E-state index contributed by atoms with van der Waals surface area (Å²) < 4.78 is 5.42. The van der Waals surface area contributed by atoms with Crippen molar-refractivity contribution in [2.75, 3.05) is 19.7 Å². The second-order valence-electron chi connectivity index (χ2n) is 3.32. The van der Waals surface area contributed by atoms with E-state index < -0.39 is 0 Å². The fraction of sp³-hybridized carbons (Fsp3) is 0.889. The van der Waals surface area contributed by atoms with Crippen molar-refractivity contribution in [3.05, 3.63) is 0 Å². The summed E-state index contributed by atoms with van der Waals surface area (Å²) in [6, 6.07) is 2.19. The second-order valence-corrected chi connectivity index (χ2v) is 3.32. The molecule has 0 aromatic heterocycles. The van der Waals surface area contributed by atoms with Crippen molar-refractivity contribution in [2.24, 2.45) is 5.92 Å². The van der Waals surface area contributed by atoms with Crippen LogP contribution in [0.3, 0.4) is 0 Å². The highest BCUT2D eigenvalue weighted by Gasteiger charge is 2.14. The third-order valence-electron chi connectivity index (χ3n) is 2.07. The van der Waals surface area contributed by atoms with Crippen molar-refractivity contribution in [1.29, 1.82) is 5.26 Å². The van der Waals surface area contributed by atoms with Crippen LogP contribution < -0.4 is 5.32 Å². The Balaban J connectivity index is 1.98. The molecule has 2 atom stereocenters. The first kappa shape index (κ1) is 9.50. The molecule has 1 fully saturated rings. The van der Waals surface area contributed by atoms with Crippen LogP contribution >= 0.6 is 0 Å². The molecule has 0 amide bonds. The number of ether oxygens (including phenoxy) is 1. The van der Waals surface area contributed by atoms with Crippen LogP contribution in [0.25, 0.3) is 0 Å². The van der Waals surface area contributed by atoms with E-state index in [-0.39, 0.29) is 5.92 Å². The zero-order chi connectivity index (χ0) is 8.81. The third-order valence-corrected chi connectivity index (χ3v) is 2.07. The van der Waals surface area contributed by atoms with Crippen LogP contribution in [-0.4, -0.2) is 25.8 Å². The SMILES string of the molecule is CC(C#N)CNCC1CCCO1. The largest absolute Gasteiger partial charge is 0.377 e. The quantitative estimate of drug-likeness (QED) is 0.678. The summed E-state index contributed by atoms with van der Waals surface area (Å²) in [5, 5.41) is 11.7. The summed E-state index contributed by atoms with van der Waals surface area (Å²) in [4.78, 5) is 0. The Morgan fingerprint density at radius 3 is 3.17 bits per heavy atom. The minimum absolute atomic E-state index is 0.103. The highest BCUT2D eigenvalue weighted by Crippen LogP contribution is 2.10. The van der Waals surface area contributed by atoms with Crippen LogP contribution in [0.2, 0.25) is 0 Å². The first-order valence-corrected chi connectivity index (χ1v) is 4.55. The predicted octanol–water partition coefficient (Wildman–Crippen LogP) is 0.915. The number of rotatable bonds is 4. The van der Waals surface area contributed by atoms with Gasteiger partial charge in [-0.25, -0.2) is 0 Å². The molecule has 0 radical (unpaired) electrons. The monoisotopic (exact) mass is 168 g/mol. The van der Waals surface area contributed by atoms with Gasteiger partial charge in [-0.05, 0) is 19.8 Å². The van der Waals surface area contributed by atoms with Crippen molar-refractivity contribution in [1.82, 2.24) is 5.32 Å². The Bertz CT molecular complexity index is 158. The van der Waals surface area contributed by atoms with Crippen molar-refractivity contribution in [3.8, 4) is 6.07 Å². The smallest absolute Gasteiger partial charge is 0.0700 e. The molecule has 1 rings (SSSR count). The molecule has 1 aliphatic heterocycles. The molecule has 2 unspecified atom stereocenters. The lowest BCUT2D eigenvalue weighted by Crippen LogP contribution is -2.29. The highest BCUT2D eigenvalue weighted by atomic mass is 16.5. The van der Waals surface area contributed by atoms with Gasteiger partial charge in [0.2, 0.25) is 0 Å². The van der Waals surface area contributed by atoms with Crippen LogP contribution in [0.15, 0.2) is 0 Å². The molecule has 1 saturated heterocycles. The van der Waals surface area contributed by atoms with E-state index in [2.05, 4.69) is 11.4 Å². The Kier molecular flexibility index (Phi) is 4.06. The van der Waals surface area contributed by atoms with Crippen molar-refractivity contribution < 1.29 is 4.74 Å². The van der Waals surface area contributed by atoms with E-state index in [0.29, 0.717) is 6.10 Å². The maximum atomic E-state index is 8.51. The Labute approximate surface area is 73.7 Å². The zero-order valence-electron chi connectivity index (χ0n) is 7.55. The van der Waals surface area contributed by atoms with Crippen LogP contribution in [0.1, 0.15) is 19.8 Å². The van der Waals surface area contributed by atoms with Crippen LogP contribution in [0.4, 0.5) is 0 Å². The average molecular weight is 168 g/mol. The lowest BCUT2D eigenvalue weighted by atomic mass is 10.2. The van der Waals surface area contributed by atoms with E-state index in [9.17, 15) is 0 Å². The third kappa shape index (κ3) is 3.21. The van der Waals surface area contributed by atoms with Gasteiger partial charge in [0.05, 0.1) is 18.1 Å². The molecule has 0 saturated carbocycles. The van der Waals surface area contributed by atoms with Crippen molar-refractivity contribution in [2.45, 2.75) is 25.9 Å². The molecule has 1 heterocycles. The minimum Gasteiger partial charge on any atom is -0.377 e.